The first-order chi connectivity index (χ1) is 19.5. The average molecular weight is 562 g/mol. The van der Waals surface area contributed by atoms with E-state index in [1.54, 1.807) is 36.4 Å². The fourth-order valence-electron chi connectivity index (χ4n) is 4.08. The highest BCUT2D eigenvalue weighted by atomic mass is 32.1. The van der Waals surface area contributed by atoms with Gasteiger partial charge in [0.05, 0.1) is 13.0 Å². The largest absolute Gasteiger partial charge is 0.493 e. The Morgan fingerprint density at radius 1 is 0.875 bits per heavy atom. The Morgan fingerprint density at radius 2 is 1.52 bits per heavy atom. The third kappa shape index (κ3) is 8.54. The molecule has 2 N–H and O–H groups in total. The average Bonchev–Trinajstić information content (AvgIpc) is 2.98. The summed E-state index contributed by atoms with van der Waals surface area (Å²) >= 11 is 5.44. The minimum atomic E-state index is -0.899. The van der Waals surface area contributed by atoms with E-state index >= 15 is 0 Å². The van der Waals surface area contributed by atoms with Crippen LogP contribution in [0.2, 0.25) is 0 Å². The van der Waals surface area contributed by atoms with E-state index in [-0.39, 0.29) is 30.7 Å². The lowest BCUT2D eigenvalue weighted by Gasteiger charge is -2.36. The summed E-state index contributed by atoms with van der Waals surface area (Å²) in [5.74, 6) is -0.0394. The normalized spacial score (nSPS) is 14.6. The molecule has 0 radical (unpaired) electrons. The molecule has 9 nitrogen and oxygen atoms in total. The lowest BCUT2D eigenvalue weighted by atomic mass is 10.1. The van der Waals surface area contributed by atoms with Crippen molar-refractivity contribution in [1.29, 1.82) is 0 Å². The van der Waals surface area contributed by atoms with Gasteiger partial charge in [0.1, 0.15) is 30.8 Å². The summed E-state index contributed by atoms with van der Waals surface area (Å²) in [6.07, 6.45) is 0.555. The third-order valence-corrected chi connectivity index (χ3v) is 6.49. The quantitative estimate of drug-likeness (QED) is 0.209. The van der Waals surface area contributed by atoms with Crippen LogP contribution < -0.4 is 20.1 Å². The number of para-hydroxylation sites is 1. The Kier molecular flexibility index (Phi) is 10.5. The van der Waals surface area contributed by atoms with Crippen molar-refractivity contribution in [3.05, 3.63) is 96.1 Å². The number of ether oxygens (including phenoxy) is 3. The molecular weight excluding hydrogens is 530 g/mol. The van der Waals surface area contributed by atoms with Crippen molar-refractivity contribution in [3.8, 4) is 11.5 Å². The van der Waals surface area contributed by atoms with Crippen LogP contribution in [-0.2, 0) is 20.7 Å². The minimum absolute atomic E-state index is 0.0369. The summed E-state index contributed by atoms with van der Waals surface area (Å²) in [6.45, 7) is 1.41. The molecule has 0 aliphatic carbocycles. The smallest absolute Gasteiger partial charge is 0.308 e. The third-order valence-electron chi connectivity index (χ3n) is 6.15. The standard InChI is InChI=1S/C30H31N3O6S/c34-27(39-20-19-38-24-9-5-2-6-10-24)21-26-29(36)31-16-17-33(26)30(40)32-28(35)23-11-13-25(14-12-23)37-18-15-22-7-3-1-4-8-22/h1-14,26H,15-21H2,(H,31,36)(H,32,35,40). The van der Waals surface area contributed by atoms with Crippen LogP contribution in [-0.4, -0.2) is 66.7 Å². The van der Waals surface area contributed by atoms with Crippen LogP contribution in [0.3, 0.4) is 0 Å². The minimum Gasteiger partial charge on any atom is -0.493 e. The first-order valence-corrected chi connectivity index (χ1v) is 13.4. The molecule has 1 heterocycles. The second-order valence-corrected chi connectivity index (χ2v) is 9.34. The number of carbonyl (C=O) groups is 3. The number of piperazine rings is 1. The number of esters is 1. The topological polar surface area (TPSA) is 106 Å². The summed E-state index contributed by atoms with van der Waals surface area (Å²) in [5.41, 5.74) is 1.57. The molecular formula is C30H31N3O6S. The van der Waals surface area contributed by atoms with Gasteiger partial charge in [-0.05, 0) is 54.2 Å². The van der Waals surface area contributed by atoms with Crippen molar-refractivity contribution < 1.29 is 28.6 Å². The predicted octanol–water partition coefficient (Wildman–Crippen LogP) is 3.14. The first-order valence-electron chi connectivity index (χ1n) is 13.0. The van der Waals surface area contributed by atoms with Gasteiger partial charge in [-0.15, -0.1) is 0 Å². The Bertz CT molecular complexity index is 1290. The lowest BCUT2D eigenvalue weighted by molar-refractivity contribution is -0.148. The van der Waals surface area contributed by atoms with Gasteiger partial charge >= 0.3 is 5.97 Å². The lowest BCUT2D eigenvalue weighted by Crippen LogP contribution is -2.60. The SMILES string of the molecule is O=C(CC1C(=O)NCCN1C(=S)NC(=O)c1ccc(OCCc2ccccc2)cc1)OCCOc1ccccc1. The van der Waals surface area contributed by atoms with Crippen molar-refractivity contribution >= 4 is 35.1 Å². The van der Waals surface area contributed by atoms with Crippen molar-refractivity contribution in [2.75, 3.05) is 32.9 Å². The number of hydrogen-bond donors (Lipinski definition) is 2. The zero-order valence-corrected chi connectivity index (χ0v) is 22.7. The van der Waals surface area contributed by atoms with Gasteiger partial charge in [0.15, 0.2) is 5.11 Å². The van der Waals surface area contributed by atoms with Crippen LogP contribution in [0.4, 0.5) is 0 Å². The van der Waals surface area contributed by atoms with E-state index in [1.165, 1.54) is 10.5 Å². The van der Waals surface area contributed by atoms with Gasteiger partial charge in [-0.1, -0.05) is 48.5 Å². The van der Waals surface area contributed by atoms with E-state index in [4.69, 9.17) is 26.4 Å². The van der Waals surface area contributed by atoms with Crippen LogP contribution in [0.15, 0.2) is 84.9 Å². The van der Waals surface area contributed by atoms with E-state index in [9.17, 15) is 14.4 Å². The number of amides is 2. The molecule has 4 rings (SSSR count). The summed E-state index contributed by atoms with van der Waals surface area (Å²) in [4.78, 5) is 39.4. The van der Waals surface area contributed by atoms with Gasteiger partial charge < -0.3 is 24.4 Å². The Balaban J connectivity index is 1.24. The van der Waals surface area contributed by atoms with Crippen molar-refractivity contribution in [3.63, 3.8) is 0 Å². The maximum Gasteiger partial charge on any atom is 0.308 e. The molecule has 0 aromatic heterocycles. The highest BCUT2D eigenvalue weighted by Gasteiger charge is 2.34. The van der Waals surface area contributed by atoms with Crippen LogP contribution in [0, 0.1) is 0 Å². The number of carbonyl (C=O) groups excluding carboxylic acids is 3. The molecule has 0 spiro atoms. The van der Waals surface area contributed by atoms with Crippen molar-refractivity contribution in [2.45, 2.75) is 18.9 Å². The molecule has 1 aliphatic rings. The second-order valence-electron chi connectivity index (χ2n) is 8.95. The van der Waals surface area contributed by atoms with Crippen LogP contribution in [0.5, 0.6) is 11.5 Å². The predicted molar refractivity (Wildman–Crippen MR) is 153 cm³/mol. The van der Waals surface area contributed by atoms with Gasteiger partial charge in [0, 0.05) is 25.1 Å². The van der Waals surface area contributed by atoms with E-state index < -0.39 is 17.9 Å². The molecule has 1 saturated heterocycles. The zero-order chi connectivity index (χ0) is 28.2. The van der Waals surface area contributed by atoms with E-state index in [1.807, 2.05) is 48.5 Å². The maximum absolute atomic E-state index is 12.8. The van der Waals surface area contributed by atoms with E-state index in [0.717, 1.165) is 6.42 Å². The number of thiocarbonyl (C=S) groups is 1. The number of rotatable bonds is 11. The van der Waals surface area contributed by atoms with Crippen molar-refractivity contribution in [1.82, 2.24) is 15.5 Å². The number of hydrogen-bond acceptors (Lipinski definition) is 7. The molecule has 10 heteroatoms. The van der Waals surface area contributed by atoms with Gasteiger partial charge in [-0.2, -0.15) is 0 Å². The molecule has 3 aromatic carbocycles. The molecule has 2 amide bonds. The molecule has 0 bridgehead atoms. The molecule has 3 aromatic rings. The highest BCUT2D eigenvalue weighted by molar-refractivity contribution is 7.80. The molecule has 1 fully saturated rings. The first kappa shape index (κ1) is 28.6. The highest BCUT2D eigenvalue weighted by Crippen LogP contribution is 2.15. The second kappa shape index (κ2) is 14.6. The molecule has 0 saturated carbocycles. The monoisotopic (exact) mass is 561 g/mol. The fraction of sp³-hybridized carbons (Fsp3) is 0.267. The van der Waals surface area contributed by atoms with Crippen LogP contribution >= 0.6 is 12.2 Å². The molecule has 1 atom stereocenters. The van der Waals surface area contributed by atoms with Gasteiger partial charge in [0.2, 0.25) is 5.91 Å². The summed E-state index contributed by atoms with van der Waals surface area (Å²) in [6, 6.07) is 25.0. The summed E-state index contributed by atoms with van der Waals surface area (Å²) in [7, 11) is 0. The zero-order valence-electron chi connectivity index (χ0n) is 21.9. The van der Waals surface area contributed by atoms with Crippen molar-refractivity contribution in [2.24, 2.45) is 0 Å². The van der Waals surface area contributed by atoms with Crippen LogP contribution in [0.25, 0.3) is 0 Å². The molecule has 1 aliphatic heterocycles. The van der Waals surface area contributed by atoms with Gasteiger partial charge in [0.25, 0.3) is 5.91 Å². The number of benzene rings is 3. The van der Waals surface area contributed by atoms with E-state index in [2.05, 4.69) is 10.6 Å². The maximum atomic E-state index is 12.8. The Hall–Kier alpha value is -4.44. The molecule has 40 heavy (non-hydrogen) atoms. The van der Waals surface area contributed by atoms with E-state index in [0.29, 0.717) is 36.8 Å². The van der Waals surface area contributed by atoms with Gasteiger partial charge in [-0.25, -0.2) is 0 Å². The number of nitrogens with zero attached hydrogens (tertiary/aromatic N) is 1. The summed E-state index contributed by atoms with van der Waals surface area (Å²) < 4.78 is 16.5. The molecule has 1 unspecified atom stereocenters. The number of nitrogens with one attached hydrogen (secondary N) is 2. The van der Waals surface area contributed by atoms with Gasteiger partial charge in [-0.3, -0.25) is 19.7 Å². The van der Waals surface area contributed by atoms with Crippen LogP contribution in [0.1, 0.15) is 22.3 Å². The summed E-state index contributed by atoms with van der Waals surface area (Å²) in [5, 5.41) is 5.46. The Labute approximate surface area is 238 Å². The Morgan fingerprint density at radius 3 is 2.25 bits per heavy atom. The molecule has 208 valence electrons. The fourth-order valence-corrected chi connectivity index (χ4v) is 4.40.